The number of nitrogens with two attached hydrogens (primary N) is 1. The first-order valence-corrected chi connectivity index (χ1v) is 6.40. The fourth-order valence-corrected chi connectivity index (χ4v) is 2.00. The van der Waals surface area contributed by atoms with E-state index < -0.39 is 6.10 Å². The zero-order chi connectivity index (χ0) is 13.5. The molecular formula is C14H23ClN2O2. The summed E-state index contributed by atoms with van der Waals surface area (Å²) in [5, 5.41) is 12.6. The molecule has 0 aliphatic rings. The van der Waals surface area contributed by atoms with Crippen molar-refractivity contribution in [2.45, 2.75) is 32.8 Å². The molecule has 0 fully saturated rings. The molecule has 0 heterocycles. The lowest BCUT2D eigenvalue weighted by molar-refractivity contribution is 0.0817. The number of benzene rings is 1. The van der Waals surface area contributed by atoms with Gasteiger partial charge in [-0.3, -0.25) is 4.79 Å². The standard InChI is InChI=1S/C14H22N2O2.ClH/c1-3-10(4-2)13(17)9-16-14(18)11-7-5-6-8-12(11)15;/h5-8,10,13,17H,3-4,9,15H2,1-2H3,(H,16,18);1H. The summed E-state index contributed by atoms with van der Waals surface area (Å²) in [5.74, 6) is -0.0171. The van der Waals surface area contributed by atoms with Crippen molar-refractivity contribution in [1.82, 2.24) is 5.32 Å². The van der Waals surface area contributed by atoms with E-state index in [1.54, 1.807) is 24.3 Å². The number of para-hydroxylation sites is 1. The van der Waals surface area contributed by atoms with Crippen molar-refractivity contribution in [2.75, 3.05) is 12.3 Å². The molecule has 0 saturated heterocycles. The maximum absolute atomic E-state index is 11.9. The minimum absolute atomic E-state index is 0. The van der Waals surface area contributed by atoms with E-state index in [2.05, 4.69) is 5.32 Å². The van der Waals surface area contributed by atoms with Gasteiger partial charge in [0.2, 0.25) is 0 Å². The maximum Gasteiger partial charge on any atom is 0.253 e. The number of hydrogen-bond acceptors (Lipinski definition) is 3. The van der Waals surface area contributed by atoms with E-state index in [-0.39, 0.29) is 30.8 Å². The molecule has 0 bridgehead atoms. The third-order valence-electron chi connectivity index (χ3n) is 3.27. The summed E-state index contributed by atoms with van der Waals surface area (Å²) >= 11 is 0. The molecule has 5 heteroatoms. The predicted octanol–water partition coefficient (Wildman–Crippen LogP) is 2.22. The van der Waals surface area contributed by atoms with E-state index in [4.69, 9.17) is 5.73 Å². The van der Waals surface area contributed by atoms with E-state index in [0.29, 0.717) is 11.3 Å². The van der Waals surface area contributed by atoms with Crippen LogP contribution in [0, 0.1) is 5.92 Å². The third kappa shape index (κ3) is 5.09. The minimum atomic E-state index is -0.506. The Morgan fingerprint density at radius 3 is 2.42 bits per heavy atom. The van der Waals surface area contributed by atoms with Gasteiger partial charge in [-0.05, 0) is 18.1 Å². The molecule has 0 aliphatic carbocycles. The summed E-state index contributed by atoms with van der Waals surface area (Å²) in [5.41, 5.74) is 6.62. The van der Waals surface area contributed by atoms with Gasteiger partial charge in [0.1, 0.15) is 0 Å². The highest BCUT2D eigenvalue weighted by atomic mass is 35.5. The number of aliphatic hydroxyl groups is 1. The molecule has 0 aliphatic heterocycles. The van der Waals surface area contributed by atoms with Gasteiger partial charge in [-0.2, -0.15) is 0 Å². The van der Waals surface area contributed by atoms with Crippen LogP contribution in [0.15, 0.2) is 24.3 Å². The summed E-state index contributed by atoms with van der Waals surface area (Å²) in [6.07, 6.45) is 1.30. The molecule has 1 amide bonds. The lowest BCUT2D eigenvalue weighted by Crippen LogP contribution is -2.36. The van der Waals surface area contributed by atoms with Crippen molar-refractivity contribution in [3.8, 4) is 0 Å². The zero-order valence-electron chi connectivity index (χ0n) is 11.4. The number of aliphatic hydroxyl groups excluding tert-OH is 1. The first-order chi connectivity index (χ1) is 8.60. The number of carbonyl (C=O) groups excluding carboxylic acids is 1. The summed E-state index contributed by atoms with van der Waals surface area (Å²) in [4.78, 5) is 11.9. The first kappa shape index (κ1) is 17.7. The number of nitrogen functional groups attached to an aromatic ring is 1. The Hall–Kier alpha value is -1.26. The molecule has 1 atom stereocenters. The number of rotatable bonds is 6. The van der Waals surface area contributed by atoms with Gasteiger partial charge in [-0.15, -0.1) is 12.4 Å². The lowest BCUT2D eigenvalue weighted by atomic mass is 9.96. The minimum Gasteiger partial charge on any atom is -0.398 e. The van der Waals surface area contributed by atoms with Crippen molar-refractivity contribution in [3.63, 3.8) is 0 Å². The van der Waals surface area contributed by atoms with E-state index >= 15 is 0 Å². The molecule has 4 nitrogen and oxygen atoms in total. The van der Waals surface area contributed by atoms with Gasteiger partial charge in [0.25, 0.3) is 5.91 Å². The van der Waals surface area contributed by atoms with Crippen molar-refractivity contribution in [1.29, 1.82) is 0 Å². The van der Waals surface area contributed by atoms with E-state index in [1.165, 1.54) is 0 Å². The summed E-state index contributed by atoms with van der Waals surface area (Å²) in [6.45, 7) is 4.34. The van der Waals surface area contributed by atoms with Gasteiger partial charge in [0, 0.05) is 12.2 Å². The lowest BCUT2D eigenvalue weighted by Gasteiger charge is -2.20. The Bertz CT molecular complexity index is 395. The summed E-state index contributed by atoms with van der Waals surface area (Å²) in [6, 6.07) is 6.91. The summed E-state index contributed by atoms with van der Waals surface area (Å²) in [7, 11) is 0. The van der Waals surface area contributed by atoms with Gasteiger partial charge in [-0.25, -0.2) is 0 Å². The number of amides is 1. The maximum atomic E-state index is 11.9. The smallest absolute Gasteiger partial charge is 0.253 e. The number of nitrogens with one attached hydrogen (secondary N) is 1. The molecule has 19 heavy (non-hydrogen) atoms. The Morgan fingerprint density at radius 2 is 1.89 bits per heavy atom. The highest BCUT2D eigenvalue weighted by Gasteiger charge is 2.17. The van der Waals surface area contributed by atoms with Crippen LogP contribution in [-0.2, 0) is 0 Å². The third-order valence-corrected chi connectivity index (χ3v) is 3.27. The topological polar surface area (TPSA) is 75.3 Å². The van der Waals surface area contributed by atoms with Gasteiger partial charge in [-0.1, -0.05) is 38.8 Å². The van der Waals surface area contributed by atoms with Crippen LogP contribution in [-0.4, -0.2) is 23.7 Å². The Labute approximate surface area is 120 Å². The molecule has 1 aromatic rings. The Balaban J connectivity index is 0.00000324. The average molecular weight is 287 g/mol. The van der Waals surface area contributed by atoms with Crippen LogP contribution in [0.2, 0.25) is 0 Å². The van der Waals surface area contributed by atoms with E-state index in [0.717, 1.165) is 12.8 Å². The SMILES string of the molecule is CCC(CC)C(O)CNC(=O)c1ccccc1N.Cl. The van der Waals surface area contributed by atoms with Crippen LogP contribution >= 0.6 is 12.4 Å². The van der Waals surface area contributed by atoms with Crippen LogP contribution in [0.25, 0.3) is 0 Å². The molecule has 1 aromatic carbocycles. The van der Waals surface area contributed by atoms with Crippen LogP contribution < -0.4 is 11.1 Å². The first-order valence-electron chi connectivity index (χ1n) is 6.40. The molecule has 1 rings (SSSR count). The average Bonchev–Trinajstić information content (AvgIpc) is 2.38. The second kappa shape index (κ2) is 8.77. The fourth-order valence-electron chi connectivity index (χ4n) is 2.00. The number of anilines is 1. The monoisotopic (exact) mass is 286 g/mol. The molecule has 0 aromatic heterocycles. The van der Waals surface area contributed by atoms with Gasteiger partial charge in [0.15, 0.2) is 0 Å². The molecule has 1 unspecified atom stereocenters. The second-order valence-electron chi connectivity index (χ2n) is 4.44. The molecular weight excluding hydrogens is 264 g/mol. The molecule has 108 valence electrons. The van der Waals surface area contributed by atoms with Crippen molar-refractivity contribution in [3.05, 3.63) is 29.8 Å². The van der Waals surface area contributed by atoms with Crippen molar-refractivity contribution in [2.24, 2.45) is 5.92 Å². The highest BCUT2D eigenvalue weighted by molar-refractivity contribution is 5.99. The molecule has 0 radical (unpaired) electrons. The molecule has 0 spiro atoms. The quantitative estimate of drug-likeness (QED) is 0.702. The normalized spacial score (nSPS) is 11.8. The zero-order valence-corrected chi connectivity index (χ0v) is 12.2. The molecule has 0 saturated carbocycles. The largest absolute Gasteiger partial charge is 0.398 e. The Kier molecular flexibility index (Phi) is 8.19. The number of carbonyl (C=O) groups is 1. The van der Waals surface area contributed by atoms with Crippen molar-refractivity contribution < 1.29 is 9.90 Å². The Morgan fingerprint density at radius 1 is 1.32 bits per heavy atom. The van der Waals surface area contributed by atoms with Gasteiger partial charge in [0.05, 0.1) is 11.7 Å². The second-order valence-corrected chi connectivity index (χ2v) is 4.44. The van der Waals surface area contributed by atoms with Gasteiger partial charge < -0.3 is 16.2 Å². The van der Waals surface area contributed by atoms with E-state index in [1.807, 2.05) is 13.8 Å². The van der Waals surface area contributed by atoms with Crippen LogP contribution in [0.1, 0.15) is 37.0 Å². The number of hydrogen-bond donors (Lipinski definition) is 3. The van der Waals surface area contributed by atoms with E-state index in [9.17, 15) is 9.90 Å². The predicted molar refractivity (Wildman–Crippen MR) is 80.5 cm³/mol. The number of halogens is 1. The van der Waals surface area contributed by atoms with Crippen molar-refractivity contribution >= 4 is 24.0 Å². The van der Waals surface area contributed by atoms with Crippen LogP contribution in [0.3, 0.4) is 0 Å². The van der Waals surface area contributed by atoms with Crippen LogP contribution in [0.5, 0.6) is 0 Å². The molecule has 4 N–H and O–H groups in total. The van der Waals surface area contributed by atoms with Gasteiger partial charge >= 0.3 is 0 Å². The highest BCUT2D eigenvalue weighted by Crippen LogP contribution is 2.13. The summed E-state index contributed by atoms with van der Waals surface area (Å²) < 4.78 is 0. The van der Waals surface area contributed by atoms with Crippen LogP contribution in [0.4, 0.5) is 5.69 Å². The fraction of sp³-hybridized carbons (Fsp3) is 0.500.